The zero-order valence-electron chi connectivity index (χ0n) is 6.29. The molecule has 0 saturated heterocycles. The summed E-state index contributed by atoms with van der Waals surface area (Å²) in [6.07, 6.45) is 1.92. The Balaban J connectivity index is 2.31. The normalized spacial score (nSPS) is 40.5. The average molecular weight is 162 g/mol. The van der Waals surface area contributed by atoms with Gasteiger partial charge in [0.2, 0.25) is 0 Å². The molecule has 2 unspecified atom stereocenters. The summed E-state index contributed by atoms with van der Waals surface area (Å²) in [7, 11) is 2.23. The molecule has 1 N–H and O–H groups in total. The lowest BCUT2D eigenvalue weighted by Gasteiger charge is -2.11. The topological polar surface area (TPSA) is 29.5 Å². The molecule has 0 heterocycles. The Hall–Kier alpha value is 0.350. The third kappa shape index (κ3) is 1.91. The standard InChI is InChI=1S/C7H15O2P/c1-5-2-6(4-9-10)7(8)3-5/h5-8H,2-4,10H2,1H3/t5-,6-,7?/m0/s1. The second-order valence-electron chi connectivity index (χ2n) is 3.24. The summed E-state index contributed by atoms with van der Waals surface area (Å²) in [5.41, 5.74) is 0. The minimum Gasteiger partial charge on any atom is -0.393 e. The van der Waals surface area contributed by atoms with Crippen molar-refractivity contribution in [3.63, 3.8) is 0 Å². The van der Waals surface area contributed by atoms with Crippen LogP contribution in [0.2, 0.25) is 0 Å². The lowest BCUT2D eigenvalue weighted by molar-refractivity contribution is 0.104. The summed E-state index contributed by atoms with van der Waals surface area (Å²) >= 11 is 0. The van der Waals surface area contributed by atoms with Gasteiger partial charge in [-0.15, -0.1) is 0 Å². The Bertz CT molecular complexity index is 108. The first-order chi connectivity index (χ1) is 4.74. The van der Waals surface area contributed by atoms with Crippen LogP contribution in [0.3, 0.4) is 0 Å². The van der Waals surface area contributed by atoms with E-state index >= 15 is 0 Å². The van der Waals surface area contributed by atoms with Gasteiger partial charge in [-0.05, 0) is 18.8 Å². The fourth-order valence-corrected chi connectivity index (χ4v) is 1.92. The molecule has 1 saturated carbocycles. The van der Waals surface area contributed by atoms with E-state index in [-0.39, 0.29) is 6.10 Å². The van der Waals surface area contributed by atoms with Crippen molar-refractivity contribution >= 4 is 9.47 Å². The van der Waals surface area contributed by atoms with Crippen LogP contribution >= 0.6 is 9.47 Å². The zero-order valence-corrected chi connectivity index (χ0v) is 7.44. The van der Waals surface area contributed by atoms with Crippen LogP contribution in [0.25, 0.3) is 0 Å². The molecule has 10 heavy (non-hydrogen) atoms. The molecule has 0 amide bonds. The van der Waals surface area contributed by atoms with E-state index in [1.165, 1.54) is 0 Å². The van der Waals surface area contributed by atoms with E-state index in [4.69, 9.17) is 4.52 Å². The molecule has 1 aliphatic carbocycles. The predicted octanol–water partition coefficient (Wildman–Crippen LogP) is 1.20. The Morgan fingerprint density at radius 3 is 2.70 bits per heavy atom. The minimum absolute atomic E-state index is 0.129. The summed E-state index contributed by atoms with van der Waals surface area (Å²) in [4.78, 5) is 0. The molecule has 60 valence electrons. The van der Waals surface area contributed by atoms with Crippen LogP contribution in [0.15, 0.2) is 0 Å². The molecule has 0 aliphatic heterocycles. The van der Waals surface area contributed by atoms with Crippen LogP contribution in [0, 0.1) is 11.8 Å². The summed E-state index contributed by atoms with van der Waals surface area (Å²) in [6, 6.07) is 0. The van der Waals surface area contributed by atoms with Gasteiger partial charge in [-0.25, -0.2) is 0 Å². The van der Waals surface area contributed by atoms with Gasteiger partial charge in [0, 0.05) is 15.4 Å². The quantitative estimate of drug-likeness (QED) is 0.618. The fraction of sp³-hybridized carbons (Fsp3) is 1.00. The summed E-state index contributed by atoms with van der Waals surface area (Å²) in [6.45, 7) is 2.85. The Kier molecular flexibility index (Phi) is 3.09. The fourth-order valence-electron chi connectivity index (χ4n) is 1.68. The first-order valence-electron chi connectivity index (χ1n) is 3.73. The maximum absolute atomic E-state index is 9.40. The molecule has 0 aromatic heterocycles. The first-order valence-corrected chi connectivity index (χ1v) is 4.21. The molecule has 4 atom stereocenters. The molecular weight excluding hydrogens is 147 g/mol. The first kappa shape index (κ1) is 8.45. The third-order valence-corrected chi connectivity index (χ3v) is 2.40. The van der Waals surface area contributed by atoms with E-state index in [0.29, 0.717) is 18.4 Å². The van der Waals surface area contributed by atoms with E-state index in [1.807, 2.05) is 0 Å². The van der Waals surface area contributed by atoms with Gasteiger partial charge in [0.05, 0.1) is 12.7 Å². The predicted molar refractivity (Wildman–Crippen MR) is 43.6 cm³/mol. The van der Waals surface area contributed by atoms with Gasteiger partial charge < -0.3 is 9.63 Å². The Morgan fingerprint density at radius 2 is 2.30 bits per heavy atom. The lowest BCUT2D eigenvalue weighted by Crippen LogP contribution is -2.16. The van der Waals surface area contributed by atoms with Crippen molar-refractivity contribution in [1.29, 1.82) is 0 Å². The summed E-state index contributed by atoms with van der Waals surface area (Å²) < 4.78 is 4.90. The largest absolute Gasteiger partial charge is 0.393 e. The number of rotatable bonds is 2. The monoisotopic (exact) mass is 162 g/mol. The Morgan fingerprint density at radius 1 is 1.60 bits per heavy atom. The van der Waals surface area contributed by atoms with Gasteiger partial charge in [0.1, 0.15) is 0 Å². The molecule has 0 spiro atoms. The van der Waals surface area contributed by atoms with Crippen LogP contribution < -0.4 is 0 Å². The molecule has 0 radical (unpaired) electrons. The van der Waals surface area contributed by atoms with Crippen LogP contribution in [0.1, 0.15) is 19.8 Å². The van der Waals surface area contributed by atoms with Crippen molar-refractivity contribution in [3.05, 3.63) is 0 Å². The van der Waals surface area contributed by atoms with Gasteiger partial charge in [-0.2, -0.15) is 0 Å². The van der Waals surface area contributed by atoms with Crippen LogP contribution in [-0.2, 0) is 4.52 Å². The van der Waals surface area contributed by atoms with Crippen molar-refractivity contribution in [1.82, 2.24) is 0 Å². The Labute approximate surface area is 64.2 Å². The number of hydrogen-bond acceptors (Lipinski definition) is 2. The minimum atomic E-state index is -0.129. The number of hydrogen-bond donors (Lipinski definition) is 1. The van der Waals surface area contributed by atoms with Crippen LogP contribution in [0.5, 0.6) is 0 Å². The molecule has 1 aliphatic rings. The molecule has 0 aromatic carbocycles. The van der Waals surface area contributed by atoms with E-state index in [2.05, 4.69) is 16.4 Å². The second-order valence-corrected chi connectivity index (χ2v) is 3.57. The van der Waals surface area contributed by atoms with Crippen molar-refractivity contribution in [2.24, 2.45) is 11.8 Å². The molecule has 3 heteroatoms. The molecular formula is C7H15O2P. The highest BCUT2D eigenvalue weighted by molar-refractivity contribution is 7.09. The highest BCUT2D eigenvalue weighted by Gasteiger charge is 2.29. The van der Waals surface area contributed by atoms with Crippen LogP contribution in [0.4, 0.5) is 0 Å². The summed E-state index contributed by atoms with van der Waals surface area (Å²) in [5.74, 6) is 1.03. The van der Waals surface area contributed by atoms with Crippen molar-refractivity contribution in [2.45, 2.75) is 25.9 Å². The molecule has 1 rings (SSSR count). The van der Waals surface area contributed by atoms with E-state index in [1.54, 1.807) is 0 Å². The second kappa shape index (κ2) is 3.66. The van der Waals surface area contributed by atoms with E-state index in [9.17, 15) is 5.11 Å². The average Bonchev–Trinajstić information content (AvgIpc) is 2.13. The molecule has 0 aromatic rings. The maximum Gasteiger partial charge on any atom is 0.0593 e. The van der Waals surface area contributed by atoms with Gasteiger partial charge in [-0.1, -0.05) is 6.92 Å². The van der Waals surface area contributed by atoms with E-state index in [0.717, 1.165) is 12.8 Å². The van der Waals surface area contributed by atoms with Crippen molar-refractivity contribution < 1.29 is 9.63 Å². The highest BCUT2D eigenvalue weighted by atomic mass is 31.0. The molecule has 1 fully saturated rings. The van der Waals surface area contributed by atoms with Gasteiger partial charge in [-0.3, -0.25) is 0 Å². The van der Waals surface area contributed by atoms with Crippen molar-refractivity contribution in [3.8, 4) is 0 Å². The zero-order chi connectivity index (χ0) is 7.56. The smallest absolute Gasteiger partial charge is 0.0593 e. The SMILES string of the molecule is C[C@@H]1CC(O)[C@H](COP)C1. The van der Waals surface area contributed by atoms with Crippen molar-refractivity contribution in [2.75, 3.05) is 6.61 Å². The number of aliphatic hydroxyl groups is 1. The lowest BCUT2D eigenvalue weighted by atomic mass is 10.1. The molecule has 0 bridgehead atoms. The van der Waals surface area contributed by atoms with Crippen LogP contribution in [-0.4, -0.2) is 17.8 Å². The third-order valence-electron chi connectivity index (χ3n) is 2.20. The molecule has 2 nitrogen and oxygen atoms in total. The van der Waals surface area contributed by atoms with Gasteiger partial charge >= 0.3 is 0 Å². The number of aliphatic hydroxyl groups excluding tert-OH is 1. The van der Waals surface area contributed by atoms with Gasteiger partial charge in [0.25, 0.3) is 0 Å². The van der Waals surface area contributed by atoms with Gasteiger partial charge in [0.15, 0.2) is 0 Å². The van der Waals surface area contributed by atoms with E-state index < -0.39 is 0 Å². The summed E-state index contributed by atoms with van der Waals surface area (Å²) in [5, 5.41) is 9.40. The maximum atomic E-state index is 9.40. The highest BCUT2D eigenvalue weighted by Crippen LogP contribution is 2.31.